The summed E-state index contributed by atoms with van der Waals surface area (Å²) in [6, 6.07) is 11.0. The van der Waals surface area contributed by atoms with Crippen LogP contribution in [0, 0.1) is 0 Å². The summed E-state index contributed by atoms with van der Waals surface area (Å²) in [5.74, 6) is 0.973. The lowest BCUT2D eigenvalue weighted by molar-refractivity contribution is 0.0996. The minimum atomic E-state index is -0.252. The predicted octanol–water partition coefficient (Wildman–Crippen LogP) is 1.92. The molecule has 0 atom stereocenters. The van der Waals surface area contributed by atoms with Gasteiger partial charge in [0.1, 0.15) is 0 Å². The molecule has 114 valence electrons. The van der Waals surface area contributed by atoms with Crippen molar-refractivity contribution >= 4 is 17.6 Å². The molecule has 0 radical (unpaired) electrons. The van der Waals surface area contributed by atoms with Crippen molar-refractivity contribution in [2.75, 3.05) is 25.5 Å². The van der Waals surface area contributed by atoms with E-state index in [1.165, 1.54) is 6.26 Å². The summed E-state index contributed by atoms with van der Waals surface area (Å²) in [5.41, 5.74) is 1.86. The Bertz CT molecular complexity index is 662. The first-order valence-corrected chi connectivity index (χ1v) is 7.15. The molecule has 1 aliphatic rings. The Balaban J connectivity index is 1.55. The summed E-state index contributed by atoms with van der Waals surface area (Å²) < 4.78 is 5.06. The van der Waals surface area contributed by atoms with Crippen molar-refractivity contribution in [2.24, 2.45) is 4.99 Å². The number of rotatable bonds is 4. The monoisotopic (exact) mass is 298 g/mol. The summed E-state index contributed by atoms with van der Waals surface area (Å²) in [7, 11) is 2.02. The molecule has 0 saturated heterocycles. The lowest BCUT2D eigenvalue weighted by Gasteiger charge is -2.15. The second kappa shape index (κ2) is 6.34. The molecule has 0 aliphatic carbocycles. The van der Waals surface area contributed by atoms with Crippen LogP contribution < -0.4 is 10.6 Å². The molecule has 2 heterocycles. The first-order valence-electron chi connectivity index (χ1n) is 7.15. The van der Waals surface area contributed by atoms with Gasteiger partial charge in [-0.25, -0.2) is 0 Å². The average molecular weight is 298 g/mol. The van der Waals surface area contributed by atoms with Crippen LogP contribution in [0.1, 0.15) is 16.1 Å². The van der Waals surface area contributed by atoms with Gasteiger partial charge in [0.25, 0.3) is 5.91 Å². The Hall–Kier alpha value is -2.76. The fraction of sp³-hybridized carbons (Fsp3) is 0.250. The highest BCUT2D eigenvalue weighted by Crippen LogP contribution is 2.12. The molecule has 0 unspecified atom stereocenters. The number of furan rings is 1. The second-order valence-electron chi connectivity index (χ2n) is 5.11. The molecule has 0 saturated carbocycles. The van der Waals surface area contributed by atoms with E-state index in [2.05, 4.69) is 20.5 Å². The molecule has 1 aromatic heterocycles. The van der Waals surface area contributed by atoms with E-state index >= 15 is 0 Å². The van der Waals surface area contributed by atoms with E-state index in [9.17, 15) is 4.79 Å². The van der Waals surface area contributed by atoms with E-state index < -0.39 is 0 Å². The summed E-state index contributed by atoms with van der Waals surface area (Å²) in [4.78, 5) is 18.3. The van der Waals surface area contributed by atoms with Gasteiger partial charge in [-0.15, -0.1) is 0 Å². The number of likely N-dealkylation sites (N-methyl/N-ethyl adjacent to an activating group) is 1. The number of hydrogen-bond donors (Lipinski definition) is 2. The van der Waals surface area contributed by atoms with Crippen LogP contribution in [0.25, 0.3) is 0 Å². The number of benzene rings is 1. The topological polar surface area (TPSA) is 69.9 Å². The number of aliphatic imine (C=N–C) groups is 1. The van der Waals surface area contributed by atoms with E-state index in [0.717, 1.165) is 30.3 Å². The van der Waals surface area contributed by atoms with E-state index in [0.29, 0.717) is 12.3 Å². The third-order valence-electron chi connectivity index (χ3n) is 3.47. The Kier molecular flexibility index (Phi) is 4.09. The van der Waals surface area contributed by atoms with Gasteiger partial charge in [-0.2, -0.15) is 0 Å². The van der Waals surface area contributed by atoms with Crippen molar-refractivity contribution in [3.63, 3.8) is 0 Å². The smallest absolute Gasteiger partial charge is 0.291 e. The van der Waals surface area contributed by atoms with Gasteiger partial charge >= 0.3 is 0 Å². The van der Waals surface area contributed by atoms with Gasteiger partial charge in [-0.3, -0.25) is 9.79 Å². The zero-order valence-corrected chi connectivity index (χ0v) is 12.4. The Morgan fingerprint density at radius 2 is 2.14 bits per heavy atom. The highest BCUT2D eigenvalue weighted by molar-refractivity contribution is 6.02. The molecule has 0 fully saturated rings. The number of amides is 1. The third-order valence-corrected chi connectivity index (χ3v) is 3.47. The molecule has 2 N–H and O–H groups in total. The molecule has 1 amide bonds. The fourth-order valence-electron chi connectivity index (χ4n) is 2.21. The number of carbonyl (C=O) groups excluding carboxylic acids is 1. The molecule has 0 spiro atoms. The maximum absolute atomic E-state index is 11.9. The number of nitrogens with one attached hydrogen (secondary N) is 2. The molecular formula is C16H18N4O2. The summed E-state index contributed by atoms with van der Waals surface area (Å²) >= 11 is 0. The van der Waals surface area contributed by atoms with Crippen molar-refractivity contribution < 1.29 is 9.21 Å². The maximum atomic E-state index is 11.9. The van der Waals surface area contributed by atoms with Crippen molar-refractivity contribution in [1.29, 1.82) is 0 Å². The highest BCUT2D eigenvalue weighted by Gasteiger charge is 2.11. The minimum absolute atomic E-state index is 0.252. The second-order valence-corrected chi connectivity index (χ2v) is 5.11. The first kappa shape index (κ1) is 14.2. The van der Waals surface area contributed by atoms with E-state index in [-0.39, 0.29) is 5.91 Å². The fourth-order valence-corrected chi connectivity index (χ4v) is 2.21. The SMILES string of the molecule is CN1CCN=C1NCc1ccc(NC(=O)c2ccco2)cc1. The van der Waals surface area contributed by atoms with Gasteiger partial charge in [0.05, 0.1) is 12.8 Å². The number of carbonyl (C=O) groups is 1. The molecular weight excluding hydrogens is 280 g/mol. The van der Waals surface area contributed by atoms with E-state index in [4.69, 9.17) is 4.42 Å². The van der Waals surface area contributed by atoms with Gasteiger partial charge < -0.3 is 20.0 Å². The molecule has 22 heavy (non-hydrogen) atoms. The lowest BCUT2D eigenvalue weighted by Crippen LogP contribution is -2.35. The molecule has 1 aliphatic heterocycles. The predicted molar refractivity (Wildman–Crippen MR) is 84.9 cm³/mol. The number of nitrogens with zero attached hydrogens (tertiary/aromatic N) is 2. The van der Waals surface area contributed by atoms with Gasteiger partial charge in [-0.05, 0) is 29.8 Å². The Morgan fingerprint density at radius 1 is 1.32 bits per heavy atom. The lowest BCUT2D eigenvalue weighted by atomic mass is 10.2. The van der Waals surface area contributed by atoms with Crippen LogP contribution in [0.5, 0.6) is 0 Å². The Morgan fingerprint density at radius 3 is 2.77 bits per heavy atom. The molecule has 0 bridgehead atoms. The first-order chi connectivity index (χ1) is 10.7. The van der Waals surface area contributed by atoms with Crippen LogP contribution in [-0.2, 0) is 6.54 Å². The highest BCUT2D eigenvalue weighted by atomic mass is 16.3. The van der Waals surface area contributed by atoms with Crippen molar-refractivity contribution in [1.82, 2.24) is 10.2 Å². The van der Waals surface area contributed by atoms with Crippen LogP contribution in [0.15, 0.2) is 52.1 Å². The third kappa shape index (κ3) is 3.28. The largest absolute Gasteiger partial charge is 0.459 e. The van der Waals surface area contributed by atoms with Crippen molar-refractivity contribution in [3.05, 3.63) is 54.0 Å². The van der Waals surface area contributed by atoms with Gasteiger partial charge in [-0.1, -0.05) is 12.1 Å². The standard InChI is InChI=1S/C16H18N4O2/c1-20-9-8-17-16(20)18-11-12-4-6-13(7-5-12)19-15(21)14-3-2-10-22-14/h2-7,10H,8-9,11H2,1H3,(H,17,18)(H,19,21). The number of anilines is 1. The minimum Gasteiger partial charge on any atom is -0.459 e. The number of hydrogen-bond acceptors (Lipinski definition) is 5. The summed E-state index contributed by atoms with van der Waals surface area (Å²) in [5, 5.41) is 6.09. The van der Waals surface area contributed by atoms with Crippen molar-refractivity contribution in [3.8, 4) is 0 Å². The molecule has 6 heteroatoms. The molecule has 6 nitrogen and oxygen atoms in total. The average Bonchev–Trinajstić information content (AvgIpc) is 3.18. The molecule has 2 aromatic rings. The zero-order valence-electron chi connectivity index (χ0n) is 12.4. The zero-order chi connectivity index (χ0) is 15.4. The van der Waals surface area contributed by atoms with Gasteiger partial charge in [0, 0.05) is 25.8 Å². The van der Waals surface area contributed by atoms with Crippen LogP contribution in [0.2, 0.25) is 0 Å². The molecule has 3 rings (SSSR count). The van der Waals surface area contributed by atoms with Crippen LogP contribution in [0.3, 0.4) is 0 Å². The van der Waals surface area contributed by atoms with Crippen molar-refractivity contribution in [2.45, 2.75) is 6.54 Å². The normalized spacial score (nSPS) is 13.9. The summed E-state index contributed by atoms with van der Waals surface area (Å²) in [6.45, 7) is 2.51. The summed E-state index contributed by atoms with van der Waals surface area (Å²) in [6.07, 6.45) is 1.48. The van der Waals surface area contributed by atoms with Crippen LogP contribution in [0.4, 0.5) is 5.69 Å². The van der Waals surface area contributed by atoms with Gasteiger partial charge in [0.15, 0.2) is 11.7 Å². The van der Waals surface area contributed by atoms with Crippen LogP contribution >= 0.6 is 0 Å². The number of guanidine groups is 1. The Labute approximate surface area is 128 Å². The van der Waals surface area contributed by atoms with E-state index in [1.807, 2.05) is 31.3 Å². The van der Waals surface area contributed by atoms with E-state index in [1.54, 1.807) is 12.1 Å². The maximum Gasteiger partial charge on any atom is 0.291 e. The molecule has 1 aromatic carbocycles. The van der Waals surface area contributed by atoms with Crippen LogP contribution in [-0.4, -0.2) is 36.9 Å². The van der Waals surface area contributed by atoms with Gasteiger partial charge in [0.2, 0.25) is 0 Å². The quantitative estimate of drug-likeness (QED) is 0.905.